The molecular weight excluding hydrogens is 443 g/mol. The Morgan fingerprint density at radius 3 is 3.03 bits per heavy atom. The molecule has 172 valence electrons. The number of likely N-dealkylation sites (tertiary alicyclic amines) is 1. The highest BCUT2D eigenvalue weighted by Crippen LogP contribution is 2.48. The smallest absolute Gasteiger partial charge is 0.407 e. The molecule has 2 aromatic heterocycles. The summed E-state index contributed by atoms with van der Waals surface area (Å²) in [6.45, 7) is -0.0931. The molecule has 2 bridgehead atoms. The summed E-state index contributed by atoms with van der Waals surface area (Å²) in [7, 11) is 1.07. The van der Waals surface area contributed by atoms with E-state index in [1.54, 1.807) is 6.20 Å². The summed E-state index contributed by atoms with van der Waals surface area (Å²) in [5.74, 6) is 1.35. The maximum atomic E-state index is 12.0. The fraction of sp³-hybridized carbons (Fsp3) is 0.409. The van der Waals surface area contributed by atoms with E-state index >= 15 is 0 Å². The molecule has 3 heterocycles. The van der Waals surface area contributed by atoms with Crippen LogP contribution in [0, 0.1) is 5.92 Å². The topological polar surface area (TPSA) is 133 Å². The fourth-order valence-electron chi connectivity index (χ4n) is 5.00. The van der Waals surface area contributed by atoms with Gasteiger partial charge >= 0.3 is 6.09 Å². The number of carbonyl (C=O) groups excluding carboxylic acids is 3. The molecule has 1 aromatic carbocycles. The number of ether oxygens (including phenoxy) is 1. The number of nitrogens with one attached hydrogen (secondary N) is 3. The Morgan fingerprint density at radius 2 is 2.21 bits per heavy atom. The van der Waals surface area contributed by atoms with Gasteiger partial charge in [-0.1, -0.05) is 6.07 Å². The minimum Gasteiger partial charge on any atom is -0.453 e. The summed E-state index contributed by atoms with van der Waals surface area (Å²) >= 11 is 0. The molecule has 1 aliphatic heterocycles. The number of alkyl carbamates (subject to hydrolysis) is 1. The molecule has 0 spiro atoms. The summed E-state index contributed by atoms with van der Waals surface area (Å²) in [6, 6.07) is 6.47. The van der Waals surface area contributed by atoms with Crippen LogP contribution in [0.4, 0.5) is 4.79 Å². The van der Waals surface area contributed by atoms with E-state index in [1.807, 2.05) is 17.0 Å². The Kier molecular flexibility index (Phi) is 5.85. The molecule has 1 saturated heterocycles. The molecule has 1 saturated carbocycles. The van der Waals surface area contributed by atoms with E-state index in [-0.39, 0.29) is 26.7 Å². The molecule has 11 heteroatoms. The van der Waals surface area contributed by atoms with Gasteiger partial charge in [0.2, 0.25) is 6.41 Å². The molecule has 4 atom stereocenters. The van der Waals surface area contributed by atoms with Crippen molar-refractivity contribution in [2.24, 2.45) is 5.92 Å². The van der Waals surface area contributed by atoms with Crippen LogP contribution in [0.25, 0.3) is 11.0 Å². The Hall–Kier alpha value is -3.26. The number of piperidine rings is 1. The maximum absolute atomic E-state index is 12.0. The van der Waals surface area contributed by atoms with Crippen molar-refractivity contribution in [2.45, 2.75) is 37.8 Å². The largest absolute Gasteiger partial charge is 0.453 e. The molecule has 1 aliphatic carbocycles. The molecule has 0 radical (unpaired) electrons. The van der Waals surface area contributed by atoms with Crippen LogP contribution < -0.4 is 10.9 Å². The number of H-pyrrole nitrogens is 2. The van der Waals surface area contributed by atoms with Crippen LogP contribution in [-0.4, -0.2) is 62.6 Å². The lowest BCUT2D eigenvalue weighted by atomic mass is 9.98. The molecule has 5 rings (SSSR count). The SMILES string of the molecule is COC(=O)NCC(=O)Pc1ncc(Cc2ccc3nc([C@@H]4[C@H]5CC[C@H](C5)N4C=O)[nH]c3c2)[nH]1. The van der Waals surface area contributed by atoms with Gasteiger partial charge in [-0.15, -0.1) is 0 Å². The van der Waals surface area contributed by atoms with Gasteiger partial charge < -0.3 is 24.9 Å². The van der Waals surface area contributed by atoms with Crippen molar-refractivity contribution < 1.29 is 19.1 Å². The van der Waals surface area contributed by atoms with Gasteiger partial charge in [-0.05, 0) is 42.9 Å². The summed E-state index contributed by atoms with van der Waals surface area (Å²) in [6.07, 6.45) is 5.99. The number of fused-ring (bicyclic) bond motifs is 3. The average Bonchev–Trinajstić information content (AvgIpc) is 3.60. The number of carbonyl (C=O) groups is 3. The van der Waals surface area contributed by atoms with Crippen molar-refractivity contribution in [1.29, 1.82) is 0 Å². The van der Waals surface area contributed by atoms with E-state index in [0.717, 1.165) is 53.8 Å². The Morgan fingerprint density at radius 1 is 1.33 bits per heavy atom. The first-order valence-electron chi connectivity index (χ1n) is 10.9. The fourth-order valence-corrected chi connectivity index (χ4v) is 5.79. The van der Waals surface area contributed by atoms with Gasteiger partial charge in [0, 0.05) is 32.9 Å². The number of methoxy groups -OCH3 is 1. The highest BCUT2D eigenvalue weighted by molar-refractivity contribution is 7.64. The first-order chi connectivity index (χ1) is 16.0. The standard InChI is InChI=1S/C22H25N6O4P/c1-32-22(31)24-10-18(30)33-21-23-9-14(25-21)6-12-2-5-16-17(7-12)27-20(26-16)19-13-3-4-15(8-13)28(19)11-29/h2,5,7,9,11,13,15,19,33H,3-4,6,8,10H2,1H3,(H,23,25)(H,24,31)(H,26,27)/t13-,15+,19-/m0/s1. The highest BCUT2D eigenvalue weighted by Gasteiger charge is 2.47. The number of imidazole rings is 2. The molecule has 33 heavy (non-hydrogen) atoms. The Bertz CT molecular complexity index is 1210. The zero-order valence-electron chi connectivity index (χ0n) is 18.1. The predicted octanol–water partition coefficient (Wildman–Crippen LogP) is 1.74. The monoisotopic (exact) mass is 468 g/mol. The van der Waals surface area contributed by atoms with Crippen LogP contribution in [-0.2, 0) is 20.7 Å². The number of aromatic amines is 2. The zero-order chi connectivity index (χ0) is 22.9. The third-order valence-electron chi connectivity index (χ3n) is 6.46. The first-order valence-corrected chi connectivity index (χ1v) is 11.9. The quantitative estimate of drug-likeness (QED) is 0.341. The normalized spacial score (nSPS) is 21.8. The molecule has 2 amide bonds. The summed E-state index contributed by atoms with van der Waals surface area (Å²) in [4.78, 5) is 52.3. The van der Waals surface area contributed by atoms with E-state index in [4.69, 9.17) is 4.98 Å². The van der Waals surface area contributed by atoms with Gasteiger partial charge in [0.05, 0.1) is 30.7 Å². The molecule has 1 unspecified atom stereocenters. The second-order valence-corrected chi connectivity index (χ2v) is 9.81. The number of amides is 2. The van der Waals surface area contributed by atoms with Gasteiger partial charge in [-0.3, -0.25) is 9.59 Å². The lowest BCUT2D eigenvalue weighted by molar-refractivity contribution is -0.122. The second kappa shape index (κ2) is 8.94. The lowest BCUT2D eigenvalue weighted by Gasteiger charge is -2.30. The van der Waals surface area contributed by atoms with Crippen LogP contribution in [0.1, 0.15) is 42.4 Å². The molecule has 2 fully saturated rings. The van der Waals surface area contributed by atoms with Crippen LogP contribution in [0.15, 0.2) is 24.4 Å². The minimum absolute atomic E-state index is 0.0412. The highest BCUT2D eigenvalue weighted by atomic mass is 31.1. The number of hydrogen-bond acceptors (Lipinski definition) is 6. The van der Waals surface area contributed by atoms with Crippen molar-refractivity contribution in [3.05, 3.63) is 41.5 Å². The van der Waals surface area contributed by atoms with Crippen molar-refractivity contribution in [3.8, 4) is 0 Å². The average molecular weight is 468 g/mol. The van der Waals surface area contributed by atoms with Gasteiger partial charge in [0.25, 0.3) is 0 Å². The number of nitrogens with zero attached hydrogens (tertiary/aromatic N) is 3. The van der Waals surface area contributed by atoms with E-state index in [1.165, 1.54) is 7.11 Å². The van der Waals surface area contributed by atoms with Crippen LogP contribution in [0.2, 0.25) is 0 Å². The third kappa shape index (κ3) is 4.35. The van der Waals surface area contributed by atoms with E-state index < -0.39 is 6.09 Å². The van der Waals surface area contributed by atoms with Crippen LogP contribution >= 0.6 is 8.58 Å². The van der Waals surface area contributed by atoms with Crippen molar-refractivity contribution in [2.75, 3.05) is 13.7 Å². The summed E-state index contributed by atoms with van der Waals surface area (Å²) in [5.41, 5.74) is 4.25. The Balaban J connectivity index is 1.25. The number of aromatic nitrogens is 4. The van der Waals surface area contributed by atoms with E-state index in [0.29, 0.717) is 23.9 Å². The first kappa shape index (κ1) is 21.6. The minimum atomic E-state index is -0.634. The number of rotatable bonds is 8. The van der Waals surface area contributed by atoms with Crippen LogP contribution in [0.5, 0.6) is 0 Å². The maximum Gasteiger partial charge on any atom is 0.407 e. The van der Waals surface area contributed by atoms with Crippen molar-refractivity contribution in [3.63, 3.8) is 0 Å². The van der Waals surface area contributed by atoms with Crippen molar-refractivity contribution in [1.82, 2.24) is 30.2 Å². The summed E-state index contributed by atoms with van der Waals surface area (Å²) < 4.78 is 4.46. The molecular formula is C22H25N6O4P. The zero-order valence-corrected chi connectivity index (χ0v) is 19.1. The van der Waals surface area contributed by atoms with Crippen molar-refractivity contribution >= 4 is 43.2 Å². The second-order valence-electron chi connectivity index (χ2n) is 8.53. The molecule has 10 nitrogen and oxygen atoms in total. The van der Waals surface area contributed by atoms with Gasteiger partial charge in [0.1, 0.15) is 11.4 Å². The number of hydrogen-bond donors (Lipinski definition) is 3. The predicted molar refractivity (Wildman–Crippen MR) is 123 cm³/mol. The van der Waals surface area contributed by atoms with Gasteiger partial charge in [-0.2, -0.15) is 0 Å². The van der Waals surface area contributed by atoms with Crippen LogP contribution in [0.3, 0.4) is 0 Å². The molecule has 3 aromatic rings. The summed E-state index contributed by atoms with van der Waals surface area (Å²) in [5, 5.41) is 2.38. The lowest BCUT2D eigenvalue weighted by Crippen LogP contribution is -2.34. The number of benzene rings is 1. The van der Waals surface area contributed by atoms with E-state index in [9.17, 15) is 14.4 Å². The van der Waals surface area contributed by atoms with E-state index in [2.05, 4.69) is 31.1 Å². The van der Waals surface area contributed by atoms with Gasteiger partial charge in [0.15, 0.2) is 5.52 Å². The van der Waals surface area contributed by atoms with Gasteiger partial charge in [-0.25, -0.2) is 14.8 Å². The molecule has 2 aliphatic rings. The third-order valence-corrected chi connectivity index (χ3v) is 7.41. The Labute approximate surface area is 191 Å². The molecule has 3 N–H and O–H groups in total.